The summed E-state index contributed by atoms with van der Waals surface area (Å²) in [6.45, 7) is 0. The molecule has 6 heteroatoms. The van der Waals surface area contributed by atoms with Gasteiger partial charge in [-0.15, -0.1) is 0 Å². The molecule has 82 valence electrons. The fourth-order valence-corrected chi connectivity index (χ4v) is 1.65. The second-order valence-corrected chi connectivity index (χ2v) is 4.43. The summed E-state index contributed by atoms with van der Waals surface area (Å²) in [5.41, 5.74) is 0.233. The molecule has 0 bridgehead atoms. The van der Waals surface area contributed by atoms with Crippen LogP contribution in [0.25, 0.3) is 0 Å². The van der Waals surface area contributed by atoms with E-state index in [1.165, 1.54) is 0 Å². The lowest BCUT2D eigenvalue weighted by Crippen LogP contribution is -2.02. The van der Waals surface area contributed by atoms with Crippen LogP contribution in [0.5, 0.6) is 0 Å². The maximum Gasteiger partial charge on any atom is 0.163 e. The van der Waals surface area contributed by atoms with Gasteiger partial charge in [-0.3, -0.25) is 0 Å². The standard InChI is InChI=1S/C11H4ClIN4/c12-8-1-2-9(13)10(3-8)17-11(6-16)7(4-14)5-15/h1-3,17H. The highest BCUT2D eigenvalue weighted by molar-refractivity contribution is 14.1. The normalized spacial score (nSPS) is 8.41. The minimum atomic E-state index is -0.261. The van der Waals surface area contributed by atoms with Gasteiger partial charge in [-0.2, -0.15) is 15.8 Å². The van der Waals surface area contributed by atoms with Gasteiger partial charge in [-0.1, -0.05) is 11.6 Å². The van der Waals surface area contributed by atoms with Gasteiger partial charge in [0.2, 0.25) is 0 Å². The van der Waals surface area contributed by atoms with Crippen molar-refractivity contribution in [3.05, 3.63) is 38.1 Å². The van der Waals surface area contributed by atoms with Crippen molar-refractivity contribution in [3.8, 4) is 18.2 Å². The zero-order chi connectivity index (χ0) is 12.8. The molecule has 0 fully saturated rings. The smallest absolute Gasteiger partial charge is 0.163 e. The molecule has 0 saturated heterocycles. The van der Waals surface area contributed by atoms with Crippen molar-refractivity contribution in [2.75, 3.05) is 5.32 Å². The van der Waals surface area contributed by atoms with Crippen molar-refractivity contribution in [2.24, 2.45) is 0 Å². The van der Waals surface area contributed by atoms with E-state index in [1.54, 1.807) is 36.4 Å². The van der Waals surface area contributed by atoms with E-state index in [0.29, 0.717) is 10.7 Å². The van der Waals surface area contributed by atoms with E-state index in [0.717, 1.165) is 3.57 Å². The largest absolute Gasteiger partial charge is 0.344 e. The summed E-state index contributed by atoms with van der Waals surface area (Å²) in [7, 11) is 0. The number of anilines is 1. The number of allylic oxidation sites excluding steroid dienone is 2. The predicted octanol–water partition coefficient (Wildman–Crippen LogP) is 3.18. The third kappa shape index (κ3) is 3.35. The molecular weight excluding hydrogens is 351 g/mol. The second kappa shape index (κ2) is 6.10. The van der Waals surface area contributed by atoms with Gasteiger partial charge >= 0.3 is 0 Å². The van der Waals surface area contributed by atoms with Crippen molar-refractivity contribution in [1.82, 2.24) is 0 Å². The Balaban J connectivity index is 3.20. The predicted molar refractivity (Wildman–Crippen MR) is 71.7 cm³/mol. The first-order chi connectivity index (χ1) is 8.12. The Morgan fingerprint density at radius 1 is 1.18 bits per heavy atom. The van der Waals surface area contributed by atoms with Crippen LogP contribution in [0.2, 0.25) is 5.02 Å². The molecule has 0 saturated carbocycles. The number of nitrogens with zero attached hydrogens (tertiary/aromatic N) is 3. The van der Waals surface area contributed by atoms with Gasteiger partial charge in [-0.25, -0.2) is 0 Å². The summed E-state index contributed by atoms with van der Waals surface area (Å²) in [4.78, 5) is 0. The Kier molecular flexibility index (Phi) is 4.78. The molecule has 0 aliphatic carbocycles. The van der Waals surface area contributed by atoms with Gasteiger partial charge < -0.3 is 5.32 Å². The Morgan fingerprint density at radius 2 is 1.82 bits per heavy atom. The van der Waals surface area contributed by atoms with Crippen LogP contribution in [0.15, 0.2) is 29.5 Å². The summed E-state index contributed by atoms with van der Waals surface area (Å²) >= 11 is 7.87. The zero-order valence-electron chi connectivity index (χ0n) is 8.33. The summed E-state index contributed by atoms with van der Waals surface area (Å²) in [5, 5.41) is 29.5. The van der Waals surface area contributed by atoms with Crippen LogP contribution in [-0.2, 0) is 0 Å². The van der Waals surface area contributed by atoms with E-state index in [9.17, 15) is 0 Å². The van der Waals surface area contributed by atoms with Crippen molar-refractivity contribution in [2.45, 2.75) is 0 Å². The number of rotatable bonds is 2. The van der Waals surface area contributed by atoms with Crippen molar-refractivity contribution in [1.29, 1.82) is 15.8 Å². The SMILES string of the molecule is N#CC(C#N)=C(C#N)Nc1cc(Cl)ccc1I. The Bertz CT molecular complexity index is 585. The monoisotopic (exact) mass is 354 g/mol. The highest BCUT2D eigenvalue weighted by Crippen LogP contribution is 2.24. The van der Waals surface area contributed by atoms with Crippen LogP contribution in [0, 0.1) is 37.6 Å². The van der Waals surface area contributed by atoms with E-state index >= 15 is 0 Å². The summed E-state index contributed by atoms with van der Waals surface area (Å²) < 4.78 is 0.829. The number of hydrogen-bond donors (Lipinski definition) is 1. The van der Waals surface area contributed by atoms with E-state index in [2.05, 4.69) is 27.9 Å². The molecule has 1 aromatic carbocycles. The van der Waals surface area contributed by atoms with E-state index < -0.39 is 0 Å². The number of nitriles is 3. The molecule has 0 atom stereocenters. The minimum Gasteiger partial charge on any atom is -0.344 e. The van der Waals surface area contributed by atoms with Crippen LogP contribution in [0.3, 0.4) is 0 Å². The maximum absolute atomic E-state index is 8.87. The highest BCUT2D eigenvalue weighted by atomic mass is 127. The first-order valence-corrected chi connectivity index (χ1v) is 5.74. The molecule has 0 spiro atoms. The lowest BCUT2D eigenvalue weighted by Gasteiger charge is -2.07. The third-order valence-corrected chi connectivity index (χ3v) is 2.95. The van der Waals surface area contributed by atoms with E-state index in [-0.39, 0.29) is 11.3 Å². The molecule has 17 heavy (non-hydrogen) atoms. The third-order valence-electron chi connectivity index (χ3n) is 1.77. The first-order valence-electron chi connectivity index (χ1n) is 4.29. The van der Waals surface area contributed by atoms with Crippen molar-refractivity contribution >= 4 is 39.9 Å². The molecule has 0 amide bonds. The van der Waals surface area contributed by atoms with Gasteiger partial charge in [0, 0.05) is 8.59 Å². The quantitative estimate of drug-likeness (QED) is 0.653. The lowest BCUT2D eigenvalue weighted by atomic mass is 10.2. The summed E-state index contributed by atoms with van der Waals surface area (Å²) in [5.74, 6) is 0. The fourth-order valence-electron chi connectivity index (χ4n) is 1.01. The van der Waals surface area contributed by atoms with Crippen LogP contribution < -0.4 is 5.32 Å². The maximum atomic E-state index is 8.87. The van der Waals surface area contributed by atoms with Gasteiger partial charge in [0.1, 0.15) is 23.9 Å². The molecule has 1 N–H and O–H groups in total. The molecule has 1 aromatic rings. The molecule has 0 aromatic heterocycles. The zero-order valence-corrected chi connectivity index (χ0v) is 11.2. The summed E-state index contributed by atoms with van der Waals surface area (Å²) in [6, 6.07) is 10.2. The van der Waals surface area contributed by atoms with E-state index in [4.69, 9.17) is 27.4 Å². The summed E-state index contributed by atoms with van der Waals surface area (Å²) in [6.07, 6.45) is 0. The molecule has 4 nitrogen and oxygen atoms in total. The molecule has 0 unspecified atom stereocenters. The lowest BCUT2D eigenvalue weighted by molar-refractivity contribution is 1.37. The average molecular weight is 355 g/mol. The first kappa shape index (κ1) is 13.3. The Hall–Kier alpha value is -1.75. The molecule has 1 rings (SSSR count). The Morgan fingerprint density at radius 3 is 2.35 bits per heavy atom. The molecule has 0 aliphatic rings. The van der Waals surface area contributed by atoms with Gasteiger partial charge in [0.05, 0.1) is 5.69 Å². The van der Waals surface area contributed by atoms with Gasteiger partial charge in [0.25, 0.3) is 0 Å². The van der Waals surface area contributed by atoms with Crippen molar-refractivity contribution in [3.63, 3.8) is 0 Å². The second-order valence-electron chi connectivity index (χ2n) is 2.83. The molecule has 0 aliphatic heterocycles. The number of halogens is 2. The van der Waals surface area contributed by atoms with Gasteiger partial charge in [-0.05, 0) is 40.8 Å². The average Bonchev–Trinajstić information content (AvgIpc) is 2.33. The fraction of sp³-hybridized carbons (Fsp3) is 0. The topological polar surface area (TPSA) is 83.4 Å². The van der Waals surface area contributed by atoms with Crippen LogP contribution in [0.4, 0.5) is 5.69 Å². The van der Waals surface area contributed by atoms with Crippen LogP contribution in [-0.4, -0.2) is 0 Å². The number of nitrogens with one attached hydrogen (secondary N) is 1. The Labute approximate surface area is 117 Å². The number of hydrogen-bond acceptors (Lipinski definition) is 4. The molecule has 0 heterocycles. The number of benzene rings is 1. The van der Waals surface area contributed by atoms with Crippen LogP contribution in [0.1, 0.15) is 0 Å². The molecular formula is C11H4ClIN4. The molecule has 0 radical (unpaired) electrons. The van der Waals surface area contributed by atoms with E-state index in [1.807, 2.05) is 0 Å². The minimum absolute atomic E-state index is 0.0878. The van der Waals surface area contributed by atoms with Crippen molar-refractivity contribution < 1.29 is 0 Å². The highest BCUT2D eigenvalue weighted by Gasteiger charge is 2.08. The van der Waals surface area contributed by atoms with Crippen LogP contribution >= 0.6 is 34.2 Å². The van der Waals surface area contributed by atoms with Gasteiger partial charge in [0.15, 0.2) is 5.57 Å².